The van der Waals surface area contributed by atoms with Crippen molar-refractivity contribution in [1.29, 1.82) is 0 Å². The molecule has 0 saturated heterocycles. The van der Waals surface area contributed by atoms with Crippen LogP contribution in [0.5, 0.6) is 5.75 Å². The second-order valence-electron chi connectivity index (χ2n) is 7.46. The molecule has 0 fully saturated rings. The molecule has 0 radical (unpaired) electrons. The van der Waals surface area contributed by atoms with Crippen molar-refractivity contribution in [2.45, 2.75) is 26.9 Å². The van der Waals surface area contributed by atoms with E-state index in [1.165, 1.54) is 12.1 Å². The molecule has 0 spiro atoms. The Balaban J connectivity index is 1.54. The van der Waals surface area contributed by atoms with Crippen LogP contribution >= 0.6 is 0 Å². The Hall–Kier alpha value is -3.61. The maximum Gasteiger partial charge on any atom is 0.287 e. The second kappa shape index (κ2) is 9.93. The second-order valence-corrected chi connectivity index (χ2v) is 7.46. The third-order valence-electron chi connectivity index (χ3n) is 4.89. The van der Waals surface area contributed by atoms with Gasteiger partial charge in [0.05, 0.1) is 5.92 Å². The molecule has 2 aromatic carbocycles. The molecule has 2 amide bonds. The lowest BCUT2D eigenvalue weighted by Gasteiger charge is -2.14. The van der Waals surface area contributed by atoms with E-state index in [1.54, 1.807) is 24.3 Å². The summed E-state index contributed by atoms with van der Waals surface area (Å²) in [4.78, 5) is 24.1. The molecule has 31 heavy (non-hydrogen) atoms. The topological polar surface area (TPSA) is 94.6 Å². The van der Waals surface area contributed by atoms with E-state index in [9.17, 15) is 14.0 Å². The minimum atomic E-state index is -0.628. The SMILES string of the molecule is Cc1ccc(OCc2ccc(C(=O)NCC(Cc3ccc(F)cc3)C(N)=O)o2)c(C)c1. The van der Waals surface area contributed by atoms with Crippen molar-refractivity contribution in [3.63, 3.8) is 0 Å². The predicted octanol–water partition coefficient (Wildman–Crippen LogP) is 3.69. The van der Waals surface area contributed by atoms with Crippen molar-refractivity contribution < 1.29 is 23.1 Å². The summed E-state index contributed by atoms with van der Waals surface area (Å²) in [6.07, 6.45) is 0.295. The highest BCUT2D eigenvalue weighted by molar-refractivity contribution is 5.91. The molecule has 6 nitrogen and oxygen atoms in total. The summed E-state index contributed by atoms with van der Waals surface area (Å²) >= 11 is 0. The van der Waals surface area contributed by atoms with Crippen LogP contribution in [0.2, 0.25) is 0 Å². The first-order valence-electron chi connectivity index (χ1n) is 9.92. The molecule has 0 bridgehead atoms. The number of hydrogen-bond acceptors (Lipinski definition) is 4. The van der Waals surface area contributed by atoms with Crippen molar-refractivity contribution in [1.82, 2.24) is 5.32 Å². The molecule has 162 valence electrons. The van der Waals surface area contributed by atoms with Gasteiger partial charge in [0.15, 0.2) is 5.76 Å². The van der Waals surface area contributed by atoms with Crippen LogP contribution < -0.4 is 15.8 Å². The van der Waals surface area contributed by atoms with Gasteiger partial charge in [0.25, 0.3) is 5.91 Å². The van der Waals surface area contributed by atoms with Crippen molar-refractivity contribution in [3.05, 3.63) is 88.6 Å². The zero-order valence-electron chi connectivity index (χ0n) is 17.5. The molecule has 3 aromatic rings. The Morgan fingerprint density at radius 2 is 1.84 bits per heavy atom. The quantitative estimate of drug-likeness (QED) is 0.548. The highest BCUT2D eigenvalue weighted by Crippen LogP contribution is 2.20. The lowest BCUT2D eigenvalue weighted by atomic mass is 9.98. The van der Waals surface area contributed by atoms with E-state index in [4.69, 9.17) is 14.9 Å². The van der Waals surface area contributed by atoms with Gasteiger partial charge in [-0.05, 0) is 61.7 Å². The summed E-state index contributed by atoms with van der Waals surface area (Å²) in [5.74, 6) is -0.625. The average Bonchev–Trinajstić information content (AvgIpc) is 3.20. The Bertz CT molecular complexity index is 1060. The van der Waals surface area contributed by atoms with E-state index in [0.29, 0.717) is 12.2 Å². The Morgan fingerprint density at radius 3 is 2.52 bits per heavy atom. The Kier molecular flexibility index (Phi) is 7.07. The summed E-state index contributed by atoms with van der Waals surface area (Å²) in [6, 6.07) is 14.9. The van der Waals surface area contributed by atoms with E-state index in [0.717, 1.165) is 22.4 Å². The molecular formula is C24H25FN2O4. The molecule has 1 heterocycles. The van der Waals surface area contributed by atoms with Crippen LogP contribution in [0.3, 0.4) is 0 Å². The molecule has 1 aromatic heterocycles. The maximum absolute atomic E-state index is 13.0. The van der Waals surface area contributed by atoms with E-state index in [2.05, 4.69) is 5.32 Å². The van der Waals surface area contributed by atoms with Crippen LogP contribution in [-0.4, -0.2) is 18.4 Å². The van der Waals surface area contributed by atoms with Crippen molar-refractivity contribution in [2.75, 3.05) is 6.54 Å². The van der Waals surface area contributed by atoms with E-state index in [-0.39, 0.29) is 24.7 Å². The molecule has 1 unspecified atom stereocenters. The average molecular weight is 424 g/mol. The summed E-state index contributed by atoms with van der Waals surface area (Å²) in [5, 5.41) is 2.67. The number of aryl methyl sites for hydroxylation is 2. The van der Waals surface area contributed by atoms with Gasteiger partial charge >= 0.3 is 0 Å². The van der Waals surface area contributed by atoms with Gasteiger partial charge in [0.1, 0.15) is 23.9 Å². The van der Waals surface area contributed by atoms with Crippen LogP contribution in [0.25, 0.3) is 0 Å². The monoisotopic (exact) mass is 424 g/mol. The molecule has 0 saturated carbocycles. The number of nitrogens with two attached hydrogens (primary N) is 1. The van der Waals surface area contributed by atoms with Crippen LogP contribution in [-0.2, 0) is 17.8 Å². The first-order valence-corrected chi connectivity index (χ1v) is 9.92. The van der Waals surface area contributed by atoms with Crippen molar-refractivity contribution in [2.24, 2.45) is 11.7 Å². The fourth-order valence-corrected chi connectivity index (χ4v) is 3.17. The molecule has 1 atom stereocenters. The number of amides is 2. The fourth-order valence-electron chi connectivity index (χ4n) is 3.17. The van der Waals surface area contributed by atoms with Crippen LogP contribution in [0.1, 0.15) is 33.0 Å². The first kappa shape index (κ1) is 22.1. The standard InChI is InChI=1S/C24H25FN2O4/c1-15-3-9-21(16(2)11-15)30-14-20-8-10-22(31-20)24(29)27-13-18(23(26)28)12-17-4-6-19(25)7-5-17/h3-11,18H,12-14H2,1-2H3,(H2,26,28)(H,27,29). The Morgan fingerprint density at radius 1 is 1.10 bits per heavy atom. The van der Waals surface area contributed by atoms with Gasteiger partial charge in [-0.1, -0.05) is 29.8 Å². The van der Waals surface area contributed by atoms with Crippen molar-refractivity contribution >= 4 is 11.8 Å². The number of halogens is 1. The van der Waals surface area contributed by atoms with Gasteiger partial charge in [-0.2, -0.15) is 0 Å². The van der Waals surface area contributed by atoms with Crippen LogP contribution in [0.15, 0.2) is 59.0 Å². The summed E-state index contributed by atoms with van der Waals surface area (Å²) in [7, 11) is 0. The number of carbonyl (C=O) groups is 2. The lowest BCUT2D eigenvalue weighted by molar-refractivity contribution is -0.121. The largest absolute Gasteiger partial charge is 0.485 e. The number of ether oxygens (including phenoxy) is 1. The first-order chi connectivity index (χ1) is 14.8. The van der Waals surface area contributed by atoms with Gasteiger partial charge in [0.2, 0.25) is 5.91 Å². The zero-order valence-corrected chi connectivity index (χ0v) is 17.5. The summed E-state index contributed by atoms with van der Waals surface area (Å²) in [5.41, 5.74) is 8.37. The third-order valence-corrected chi connectivity index (χ3v) is 4.89. The molecule has 0 aliphatic rings. The molecule has 7 heteroatoms. The van der Waals surface area contributed by atoms with Gasteiger partial charge in [-0.15, -0.1) is 0 Å². The summed E-state index contributed by atoms with van der Waals surface area (Å²) < 4.78 is 24.4. The smallest absolute Gasteiger partial charge is 0.287 e. The number of rotatable bonds is 9. The minimum Gasteiger partial charge on any atom is -0.485 e. The zero-order chi connectivity index (χ0) is 22.4. The molecule has 0 aliphatic heterocycles. The normalized spacial score (nSPS) is 11.7. The molecule has 3 rings (SSSR count). The number of carbonyl (C=O) groups excluding carboxylic acids is 2. The number of furan rings is 1. The van der Waals surface area contributed by atoms with Gasteiger partial charge in [0, 0.05) is 6.54 Å². The molecule has 3 N–H and O–H groups in total. The highest BCUT2D eigenvalue weighted by atomic mass is 19.1. The third kappa shape index (κ3) is 6.18. The molecule has 0 aliphatic carbocycles. The van der Waals surface area contributed by atoms with E-state index in [1.807, 2.05) is 32.0 Å². The van der Waals surface area contributed by atoms with Crippen LogP contribution in [0.4, 0.5) is 4.39 Å². The van der Waals surface area contributed by atoms with Gasteiger partial charge < -0.3 is 20.2 Å². The number of hydrogen-bond donors (Lipinski definition) is 2. The highest BCUT2D eigenvalue weighted by Gasteiger charge is 2.19. The van der Waals surface area contributed by atoms with Gasteiger partial charge in [-0.25, -0.2) is 4.39 Å². The maximum atomic E-state index is 13.0. The molecular weight excluding hydrogens is 399 g/mol. The Labute approximate surface area is 180 Å². The number of benzene rings is 2. The van der Waals surface area contributed by atoms with Crippen molar-refractivity contribution in [3.8, 4) is 5.75 Å². The predicted molar refractivity (Wildman–Crippen MR) is 114 cm³/mol. The minimum absolute atomic E-state index is 0.0423. The van der Waals surface area contributed by atoms with Gasteiger partial charge in [-0.3, -0.25) is 9.59 Å². The van der Waals surface area contributed by atoms with Crippen LogP contribution in [0, 0.1) is 25.6 Å². The van der Waals surface area contributed by atoms with E-state index >= 15 is 0 Å². The number of nitrogens with one attached hydrogen (secondary N) is 1. The van der Waals surface area contributed by atoms with E-state index < -0.39 is 17.7 Å². The fraction of sp³-hybridized carbons (Fsp3) is 0.250. The summed E-state index contributed by atoms with van der Waals surface area (Å²) in [6.45, 7) is 4.20. The lowest BCUT2D eigenvalue weighted by Crippen LogP contribution is -2.37. The number of primary amides is 1.